The van der Waals surface area contributed by atoms with Crippen LogP contribution in [0.1, 0.15) is 31.9 Å². The highest BCUT2D eigenvalue weighted by molar-refractivity contribution is 6.29. The highest BCUT2D eigenvalue weighted by atomic mass is 35.5. The Morgan fingerprint density at radius 1 is 1.45 bits per heavy atom. The van der Waals surface area contributed by atoms with Crippen molar-refractivity contribution < 1.29 is 14.3 Å². The van der Waals surface area contributed by atoms with Crippen molar-refractivity contribution in [2.45, 2.75) is 31.6 Å². The van der Waals surface area contributed by atoms with Crippen LogP contribution in [0.25, 0.3) is 0 Å². The lowest BCUT2D eigenvalue weighted by molar-refractivity contribution is -0.150. The topological polar surface area (TPSA) is 61.3 Å². The monoisotopic (exact) mass is 296 g/mol. The Morgan fingerprint density at radius 2 is 2.15 bits per heavy atom. The van der Waals surface area contributed by atoms with Crippen LogP contribution in [-0.4, -0.2) is 29.7 Å². The van der Waals surface area contributed by atoms with Crippen molar-refractivity contribution >= 4 is 17.6 Å². The van der Waals surface area contributed by atoms with Gasteiger partial charge in [-0.3, -0.25) is 4.79 Å². The molecule has 1 aromatic rings. The van der Waals surface area contributed by atoms with Gasteiger partial charge in [-0.05, 0) is 44.1 Å². The zero-order chi connectivity index (χ0) is 14.3. The summed E-state index contributed by atoms with van der Waals surface area (Å²) in [6.07, 6.45) is 2.77. The SMILES string of the molecule is CCOC(=O)C1(c2cc(Cl)nc(OC)n2)CC2CC2C1. The van der Waals surface area contributed by atoms with E-state index in [9.17, 15) is 4.79 Å². The van der Waals surface area contributed by atoms with Gasteiger partial charge in [-0.2, -0.15) is 9.97 Å². The summed E-state index contributed by atoms with van der Waals surface area (Å²) in [5.41, 5.74) is -0.0521. The van der Waals surface area contributed by atoms with E-state index < -0.39 is 5.41 Å². The molecule has 0 N–H and O–H groups in total. The Labute approximate surface area is 122 Å². The normalized spacial score (nSPS) is 30.8. The molecule has 0 saturated heterocycles. The molecule has 0 radical (unpaired) electrons. The zero-order valence-corrected chi connectivity index (χ0v) is 12.3. The summed E-state index contributed by atoms with van der Waals surface area (Å²) in [5.74, 6) is 1.02. The number of carbonyl (C=O) groups is 1. The van der Waals surface area contributed by atoms with Crippen LogP contribution in [0.3, 0.4) is 0 Å². The molecule has 0 spiro atoms. The summed E-state index contributed by atoms with van der Waals surface area (Å²) in [6.45, 7) is 2.18. The molecular weight excluding hydrogens is 280 g/mol. The van der Waals surface area contributed by atoms with Gasteiger partial charge in [0, 0.05) is 0 Å². The molecule has 1 heterocycles. The maximum atomic E-state index is 12.5. The molecular formula is C14H17ClN2O3. The Balaban J connectivity index is 2.01. The van der Waals surface area contributed by atoms with Crippen LogP contribution < -0.4 is 4.74 Å². The number of aromatic nitrogens is 2. The molecule has 1 aromatic heterocycles. The maximum absolute atomic E-state index is 12.5. The van der Waals surface area contributed by atoms with E-state index in [0.717, 1.165) is 12.8 Å². The second-order valence-corrected chi connectivity index (χ2v) is 5.92. The molecule has 2 saturated carbocycles. The highest BCUT2D eigenvalue weighted by Gasteiger charge is 2.59. The number of esters is 1. The molecule has 2 aliphatic carbocycles. The molecule has 0 bridgehead atoms. The van der Waals surface area contributed by atoms with Gasteiger partial charge < -0.3 is 9.47 Å². The van der Waals surface area contributed by atoms with E-state index in [0.29, 0.717) is 24.1 Å². The number of methoxy groups -OCH3 is 1. The summed E-state index contributed by atoms with van der Waals surface area (Å²) < 4.78 is 10.3. The summed E-state index contributed by atoms with van der Waals surface area (Å²) >= 11 is 6.02. The predicted octanol–water partition coefficient (Wildman–Crippen LogP) is 2.37. The summed E-state index contributed by atoms with van der Waals surface area (Å²) in [7, 11) is 1.48. The Bertz CT molecular complexity index is 539. The van der Waals surface area contributed by atoms with Crippen molar-refractivity contribution in [2.75, 3.05) is 13.7 Å². The second kappa shape index (κ2) is 4.88. The van der Waals surface area contributed by atoms with Crippen molar-refractivity contribution in [2.24, 2.45) is 11.8 Å². The van der Waals surface area contributed by atoms with Crippen LogP contribution in [0.15, 0.2) is 6.07 Å². The lowest BCUT2D eigenvalue weighted by atomic mass is 9.79. The smallest absolute Gasteiger partial charge is 0.318 e. The fourth-order valence-corrected chi connectivity index (χ4v) is 3.45. The number of hydrogen-bond acceptors (Lipinski definition) is 5. The number of carbonyl (C=O) groups excluding carboxylic acids is 1. The first-order chi connectivity index (χ1) is 9.59. The number of hydrogen-bond donors (Lipinski definition) is 0. The summed E-state index contributed by atoms with van der Waals surface area (Å²) in [6, 6.07) is 1.85. The third-order valence-electron chi connectivity index (χ3n) is 4.30. The number of rotatable bonds is 4. The lowest BCUT2D eigenvalue weighted by Gasteiger charge is -2.27. The molecule has 3 rings (SSSR count). The van der Waals surface area contributed by atoms with Crippen molar-refractivity contribution in [3.8, 4) is 6.01 Å². The third-order valence-corrected chi connectivity index (χ3v) is 4.50. The lowest BCUT2D eigenvalue weighted by Crippen LogP contribution is -2.37. The molecule has 6 heteroatoms. The predicted molar refractivity (Wildman–Crippen MR) is 72.7 cm³/mol. The average Bonchev–Trinajstić information content (AvgIpc) is 3.05. The standard InChI is InChI=1S/C14H17ClN2O3/c1-3-20-12(18)14(6-8-4-9(8)7-14)10-5-11(15)17-13(16-10)19-2/h5,8-9H,3-4,6-7H2,1-2H3. The Kier molecular flexibility index (Phi) is 3.32. The van der Waals surface area contributed by atoms with Crippen LogP contribution in [-0.2, 0) is 14.9 Å². The van der Waals surface area contributed by atoms with E-state index in [-0.39, 0.29) is 17.1 Å². The first-order valence-corrected chi connectivity index (χ1v) is 7.23. The molecule has 2 unspecified atom stereocenters. The molecule has 2 aliphatic rings. The first-order valence-electron chi connectivity index (χ1n) is 6.85. The first kappa shape index (κ1) is 13.6. The van der Waals surface area contributed by atoms with Gasteiger partial charge in [-0.15, -0.1) is 0 Å². The van der Waals surface area contributed by atoms with Crippen molar-refractivity contribution in [3.63, 3.8) is 0 Å². The molecule has 0 aliphatic heterocycles. The largest absolute Gasteiger partial charge is 0.467 e. The van der Waals surface area contributed by atoms with E-state index >= 15 is 0 Å². The molecule has 5 nitrogen and oxygen atoms in total. The molecule has 2 fully saturated rings. The number of halogens is 1. The van der Waals surface area contributed by atoms with E-state index in [1.165, 1.54) is 13.5 Å². The molecule has 20 heavy (non-hydrogen) atoms. The maximum Gasteiger partial charge on any atom is 0.318 e. The van der Waals surface area contributed by atoms with Gasteiger partial charge in [0.25, 0.3) is 0 Å². The zero-order valence-electron chi connectivity index (χ0n) is 11.6. The van der Waals surface area contributed by atoms with Gasteiger partial charge in [0.1, 0.15) is 10.6 Å². The highest BCUT2D eigenvalue weighted by Crippen LogP contribution is 2.60. The Hall–Kier alpha value is -1.36. The third kappa shape index (κ3) is 2.14. The molecule has 0 aromatic carbocycles. The van der Waals surface area contributed by atoms with Crippen molar-refractivity contribution in [3.05, 3.63) is 16.9 Å². The van der Waals surface area contributed by atoms with E-state index in [4.69, 9.17) is 21.1 Å². The number of ether oxygens (including phenoxy) is 2. The summed E-state index contributed by atoms with van der Waals surface area (Å²) in [4.78, 5) is 20.8. The number of nitrogens with zero attached hydrogens (tertiary/aromatic N) is 2. The van der Waals surface area contributed by atoms with Gasteiger partial charge in [0.05, 0.1) is 19.4 Å². The fourth-order valence-electron chi connectivity index (χ4n) is 3.27. The average molecular weight is 297 g/mol. The fraction of sp³-hybridized carbons (Fsp3) is 0.643. The Morgan fingerprint density at radius 3 is 2.75 bits per heavy atom. The molecule has 2 atom stereocenters. The van der Waals surface area contributed by atoms with Gasteiger partial charge in [-0.25, -0.2) is 0 Å². The minimum atomic E-state index is -0.677. The van der Waals surface area contributed by atoms with E-state index in [1.807, 2.05) is 6.92 Å². The molecule has 0 amide bonds. The van der Waals surface area contributed by atoms with Gasteiger partial charge in [0.15, 0.2) is 0 Å². The second-order valence-electron chi connectivity index (χ2n) is 5.53. The van der Waals surface area contributed by atoms with E-state index in [2.05, 4.69) is 9.97 Å². The number of fused-ring (bicyclic) bond motifs is 1. The van der Waals surface area contributed by atoms with Gasteiger partial charge in [0.2, 0.25) is 0 Å². The van der Waals surface area contributed by atoms with Gasteiger partial charge in [-0.1, -0.05) is 11.6 Å². The quantitative estimate of drug-likeness (QED) is 0.630. The van der Waals surface area contributed by atoms with Crippen molar-refractivity contribution in [1.29, 1.82) is 0 Å². The van der Waals surface area contributed by atoms with E-state index in [1.54, 1.807) is 6.07 Å². The summed E-state index contributed by atoms with van der Waals surface area (Å²) in [5, 5.41) is 0.288. The van der Waals surface area contributed by atoms with Crippen molar-refractivity contribution in [1.82, 2.24) is 9.97 Å². The van der Waals surface area contributed by atoms with Crippen LogP contribution in [0.5, 0.6) is 6.01 Å². The minimum absolute atomic E-state index is 0.191. The minimum Gasteiger partial charge on any atom is -0.467 e. The molecule has 108 valence electrons. The van der Waals surface area contributed by atoms with Crippen LogP contribution in [0.2, 0.25) is 5.15 Å². The van der Waals surface area contributed by atoms with Crippen LogP contribution >= 0.6 is 11.6 Å². The van der Waals surface area contributed by atoms with Crippen LogP contribution in [0.4, 0.5) is 0 Å². The van der Waals surface area contributed by atoms with Crippen LogP contribution in [0, 0.1) is 11.8 Å². The van der Waals surface area contributed by atoms with Gasteiger partial charge >= 0.3 is 12.0 Å².